The third-order valence-electron chi connectivity index (χ3n) is 4.05. The highest BCUT2D eigenvalue weighted by Crippen LogP contribution is 2.35. The molecule has 0 unspecified atom stereocenters. The summed E-state index contributed by atoms with van der Waals surface area (Å²) in [6.45, 7) is 0.103. The normalized spacial score (nSPS) is 13.4. The Balaban J connectivity index is 2.34. The van der Waals surface area contributed by atoms with Crippen LogP contribution in [0, 0.1) is 0 Å². The second-order valence-corrected chi connectivity index (χ2v) is 6.28. The third-order valence-corrected chi connectivity index (χ3v) is 4.94. The summed E-state index contributed by atoms with van der Waals surface area (Å²) >= 11 is 1.43. The molecule has 8 heteroatoms. The highest BCUT2D eigenvalue weighted by molar-refractivity contribution is 7.13. The molecular formula is C15H12N3O4S+. The number of thiophene rings is 1. The average Bonchev–Trinajstić information content (AvgIpc) is 3.19. The van der Waals surface area contributed by atoms with E-state index in [1.165, 1.54) is 23.0 Å². The Morgan fingerprint density at radius 1 is 1.17 bits per heavy atom. The Hall–Kier alpha value is -2.74. The van der Waals surface area contributed by atoms with E-state index in [2.05, 4.69) is 4.98 Å². The van der Waals surface area contributed by atoms with Crippen LogP contribution in [0.15, 0.2) is 27.1 Å². The van der Waals surface area contributed by atoms with Crippen LogP contribution in [-0.2, 0) is 25.4 Å². The zero-order valence-corrected chi connectivity index (χ0v) is 13.2. The maximum Gasteiger partial charge on any atom is 0.417 e. The van der Waals surface area contributed by atoms with Gasteiger partial charge in [-0.1, -0.05) is 6.07 Å². The van der Waals surface area contributed by atoms with E-state index in [0.717, 1.165) is 9.44 Å². The number of pyridine rings is 1. The van der Waals surface area contributed by atoms with Gasteiger partial charge in [-0.25, -0.2) is 19.1 Å². The lowest BCUT2D eigenvalue weighted by molar-refractivity contribution is -0.365. The number of nitrogens with one attached hydrogen (secondary N) is 1. The Morgan fingerprint density at radius 2 is 1.96 bits per heavy atom. The van der Waals surface area contributed by atoms with Gasteiger partial charge in [0.2, 0.25) is 0 Å². The molecule has 0 aliphatic carbocycles. The molecule has 0 bridgehead atoms. The van der Waals surface area contributed by atoms with E-state index in [-0.39, 0.29) is 6.61 Å². The van der Waals surface area contributed by atoms with Gasteiger partial charge in [0.05, 0.1) is 7.05 Å². The number of carbonyl (C=O) groups excluding carboxylic acids is 1. The quantitative estimate of drug-likeness (QED) is 0.607. The molecule has 3 aromatic rings. The monoisotopic (exact) mass is 330 g/mol. The molecule has 7 nitrogen and oxygen atoms in total. The standard InChI is InChI=1S/C15H11N3O4S/c1-17-12-11(13(19)18(2)15(17)21)10(8-4-3-5-23-8)9-7(16-12)6-22-14(9)20/h3-5H,6H2,1-2H3/p+1. The van der Waals surface area contributed by atoms with Crippen molar-refractivity contribution in [3.8, 4) is 10.4 Å². The minimum Gasteiger partial charge on any atom is -0.453 e. The second kappa shape index (κ2) is 4.63. The molecule has 0 fully saturated rings. The lowest BCUT2D eigenvalue weighted by Crippen LogP contribution is -2.40. The van der Waals surface area contributed by atoms with E-state index in [9.17, 15) is 14.4 Å². The molecule has 1 aliphatic heterocycles. The zero-order chi connectivity index (χ0) is 16.3. The number of H-pyrrole nitrogens is 1. The van der Waals surface area contributed by atoms with Crippen LogP contribution in [0.3, 0.4) is 0 Å². The van der Waals surface area contributed by atoms with Crippen molar-refractivity contribution in [1.29, 1.82) is 0 Å². The van der Waals surface area contributed by atoms with Crippen molar-refractivity contribution >= 4 is 28.3 Å². The number of cyclic esters (lactones) is 1. The van der Waals surface area contributed by atoms with E-state index in [1.54, 1.807) is 7.05 Å². The fourth-order valence-corrected chi connectivity index (χ4v) is 3.69. The number of carbonyl (C=O) groups is 1. The molecule has 0 amide bonds. The van der Waals surface area contributed by atoms with Gasteiger partial charge >= 0.3 is 11.7 Å². The number of aromatic nitrogens is 3. The summed E-state index contributed by atoms with van der Waals surface area (Å²) in [6, 6.07) is 3.69. The van der Waals surface area contributed by atoms with Crippen molar-refractivity contribution in [1.82, 2.24) is 9.13 Å². The van der Waals surface area contributed by atoms with Crippen LogP contribution in [0.4, 0.5) is 0 Å². The van der Waals surface area contributed by atoms with Crippen molar-refractivity contribution in [2.75, 3.05) is 0 Å². The molecule has 0 saturated carbocycles. The smallest absolute Gasteiger partial charge is 0.417 e. The van der Waals surface area contributed by atoms with Crippen LogP contribution in [0.5, 0.6) is 0 Å². The lowest BCUT2D eigenvalue weighted by atomic mass is 10.0. The maximum atomic E-state index is 12.7. The molecule has 0 saturated heterocycles. The van der Waals surface area contributed by atoms with Gasteiger partial charge in [0.1, 0.15) is 10.9 Å². The van der Waals surface area contributed by atoms with E-state index in [4.69, 9.17) is 4.74 Å². The molecule has 4 heterocycles. The predicted molar refractivity (Wildman–Crippen MR) is 83.4 cm³/mol. The summed E-state index contributed by atoms with van der Waals surface area (Å²) in [5.41, 5.74) is 0.997. The van der Waals surface area contributed by atoms with Crippen molar-refractivity contribution in [3.63, 3.8) is 0 Å². The van der Waals surface area contributed by atoms with Crippen LogP contribution in [0.25, 0.3) is 21.5 Å². The van der Waals surface area contributed by atoms with E-state index in [0.29, 0.717) is 27.9 Å². The average molecular weight is 330 g/mol. The first-order valence-corrected chi connectivity index (χ1v) is 7.77. The third kappa shape index (κ3) is 1.75. The molecule has 23 heavy (non-hydrogen) atoms. The summed E-state index contributed by atoms with van der Waals surface area (Å²) in [7, 11) is 3.01. The molecule has 0 spiro atoms. The minimum atomic E-state index is -0.461. The molecule has 116 valence electrons. The summed E-state index contributed by atoms with van der Waals surface area (Å²) in [5.74, 6) is -0.461. The van der Waals surface area contributed by atoms with E-state index in [1.807, 2.05) is 17.5 Å². The Bertz CT molecular complexity index is 1090. The SMILES string of the molecule is Cn1c(=O)c2c(-c3cccs3)c3c([nH+]c2n(C)c1=O)COC3=O. The summed E-state index contributed by atoms with van der Waals surface area (Å²) < 4.78 is 7.53. The van der Waals surface area contributed by atoms with Crippen LogP contribution >= 0.6 is 11.3 Å². The first-order chi connectivity index (χ1) is 11.0. The largest absolute Gasteiger partial charge is 0.453 e. The van der Waals surface area contributed by atoms with Gasteiger partial charge in [-0.05, 0) is 11.4 Å². The van der Waals surface area contributed by atoms with Crippen LogP contribution < -0.4 is 16.2 Å². The molecule has 4 rings (SSSR count). The number of esters is 1. The van der Waals surface area contributed by atoms with Crippen molar-refractivity contribution in [3.05, 3.63) is 49.6 Å². The lowest BCUT2D eigenvalue weighted by Gasteiger charge is -2.07. The topological polar surface area (TPSA) is 84.4 Å². The van der Waals surface area contributed by atoms with Gasteiger partial charge in [0.25, 0.3) is 11.2 Å². The van der Waals surface area contributed by atoms with Gasteiger partial charge in [-0.2, -0.15) is 4.57 Å². The second-order valence-electron chi connectivity index (χ2n) is 5.34. The van der Waals surface area contributed by atoms with E-state index >= 15 is 0 Å². The number of fused-ring (bicyclic) bond motifs is 2. The molecular weight excluding hydrogens is 318 g/mol. The number of aromatic amines is 1. The highest BCUT2D eigenvalue weighted by atomic mass is 32.1. The Kier molecular flexibility index (Phi) is 2.79. The van der Waals surface area contributed by atoms with Gasteiger partial charge in [-0.15, -0.1) is 11.3 Å². The molecule has 3 aromatic heterocycles. The van der Waals surface area contributed by atoms with Crippen molar-refractivity contribution in [2.24, 2.45) is 14.1 Å². The first kappa shape index (κ1) is 13.9. The summed E-state index contributed by atoms with van der Waals surface area (Å²) in [5, 5.41) is 2.19. The van der Waals surface area contributed by atoms with E-state index < -0.39 is 17.2 Å². The number of hydrogen-bond donors (Lipinski definition) is 0. The summed E-state index contributed by atoms with van der Waals surface area (Å²) in [6.07, 6.45) is 0. The van der Waals surface area contributed by atoms with Gasteiger partial charge < -0.3 is 4.74 Å². The number of ether oxygens (including phenoxy) is 1. The molecule has 0 atom stereocenters. The van der Waals surface area contributed by atoms with Crippen molar-refractivity contribution < 1.29 is 14.5 Å². The first-order valence-electron chi connectivity index (χ1n) is 6.89. The Labute approximate surface area is 133 Å². The number of rotatable bonds is 1. The predicted octanol–water partition coefficient (Wildman–Crippen LogP) is 0.450. The fourth-order valence-electron chi connectivity index (χ4n) is 2.91. The van der Waals surface area contributed by atoms with Crippen LogP contribution in [0.1, 0.15) is 16.1 Å². The minimum absolute atomic E-state index is 0.103. The van der Waals surface area contributed by atoms with Crippen LogP contribution in [-0.4, -0.2) is 15.1 Å². The fraction of sp³-hybridized carbons (Fsp3) is 0.200. The molecule has 0 aromatic carbocycles. The Morgan fingerprint density at radius 3 is 2.65 bits per heavy atom. The number of hydrogen-bond acceptors (Lipinski definition) is 5. The number of nitrogens with zero attached hydrogens (tertiary/aromatic N) is 2. The van der Waals surface area contributed by atoms with Crippen molar-refractivity contribution in [2.45, 2.75) is 6.61 Å². The molecule has 1 aliphatic rings. The zero-order valence-electron chi connectivity index (χ0n) is 12.4. The van der Waals surface area contributed by atoms with Gasteiger partial charge in [-0.3, -0.25) is 4.79 Å². The molecule has 0 radical (unpaired) electrons. The highest BCUT2D eigenvalue weighted by Gasteiger charge is 2.34. The van der Waals surface area contributed by atoms with Gasteiger partial charge in [0, 0.05) is 17.5 Å². The number of aryl methyl sites for hydroxylation is 1. The molecule has 1 N–H and O–H groups in total. The van der Waals surface area contributed by atoms with Gasteiger partial charge in [0.15, 0.2) is 12.3 Å². The summed E-state index contributed by atoms with van der Waals surface area (Å²) in [4.78, 5) is 40.9. The van der Waals surface area contributed by atoms with Crippen LogP contribution in [0.2, 0.25) is 0 Å². The maximum absolute atomic E-state index is 12.7.